The van der Waals surface area contributed by atoms with E-state index in [1.54, 1.807) is 19.9 Å². The maximum atomic E-state index is 12.1. The third-order valence-corrected chi connectivity index (χ3v) is 3.37. The number of aliphatic carboxylic acids is 1. The lowest BCUT2D eigenvalue weighted by Gasteiger charge is -2.16. The summed E-state index contributed by atoms with van der Waals surface area (Å²) in [5.41, 5.74) is 0.0263. The van der Waals surface area contributed by atoms with Crippen LogP contribution in [-0.4, -0.2) is 37.7 Å². The molecule has 1 aromatic heterocycles. The number of amides is 1. The van der Waals surface area contributed by atoms with E-state index in [0.717, 1.165) is 0 Å². The maximum absolute atomic E-state index is 12.1. The number of rotatable bonds is 6. The zero-order valence-corrected chi connectivity index (χ0v) is 13.0. The second-order valence-electron chi connectivity index (χ2n) is 5.42. The minimum absolute atomic E-state index is 0.0277. The van der Waals surface area contributed by atoms with Gasteiger partial charge in [0.05, 0.1) is 4.92 Å². The molecule has 9 nitrogen and oxygen atoms in total. The summed E-state index contributed by atoms with van der Waals surface area (Å²) in [6.07, 6.45) is 1.41. The molecule has 1 atom stereocenters. The number of benzene rings is 1. The van der Waals surface area contributed by atoms with Gasteiger partial charge >= 0.3 is 5.97 Å². The van der Waals surface area contributed by atoms with Gasteiger partial charge in [-0.25, -0.2) is 9.48 Å². The lowest BCUT2D eigenvalue weighted by atomic mass is 10.0. The monoisotopic (exact) mass is 332 g/mol. The van der Waals surface area contributed by atoms with E-state index >= 15 is 0 Å². The summed E-state index contributed by atoms with van der Waals surface area (Å²) in [5, 5.41) is 26.5. The van der Waals surface area contributed by atoms with Gasteiger partial charge in [0.1, 0.15) is 11.7 Å². The van der Waals surface area contributed by atoms with Crippen LogP contribution in [0.5, 0.6) is 0 Å². The number of carboxylic acid groups (broad SMARTS) is 1. The zero-order chi connectivity index (χ0) is 17.9. The van der Waals surface area contributed by atoms with Crippen LogP contribution in [0.25, 0.3) is 5.69 Å². The van der Waals surface area contributed by atoms with Crippen molar-refractivity contribution in [3.05, 3.63) is 52.3 Å². The van der Waals surface area contributed by atoms with Crippen molar-refractivity contribution in [2.75, 3.05) is 0 Å². The lowest BCUT2D eigenvalue weighted by Crippen LogP contribution is -2.44. The fourth-order valence-corrected chi connectivity index (χ4v) is 2.12. The van der Waals surface area contributed by atoms with Gasteiger partial charge in [0.15, 0.2) is 5.69 Å². The summed E-state index contributed by atoms with van der Waals surface area (Å²) in [6, 6.07) is 6.29. The van der Waals surface area contributed by atoms with E-state index < -0.39 is 22.8 Å². The van der Waals surface area contributed by atoms with Crippen molar-refractivity contribution < 1.29 is 19.6 Å². The molecule has 0 saturated carbocycles. The molecule has 0 aliphatic rings. The number of nitrogens with zero attached hydrogens (tertiary/aromatic N) is 3. The zero-order valence-electron chi connectivity index (χ0n) is 13.0. The van der Waals surface area contributed by atoms with Crippen LogP contribution in [-0.2, 0) is 4.79 Å². The highest BCUT2D eigenvalue weighted by Gasteiger charge is 2.25. The first-order valence-corrected chi connectivity index (χ1v) is 7.14. The maximum Gasteiger partial charge on any atom is 0.326 e. The number of nitro groups is 1. The standard InChI is InChI=1S/C15H16N4O5/c1-9(2)13(15(21)22)16-14(20)10-7-8-18(17-10)11-5-3-4-6-12(11)19(23)24/h3-9,13H,1-2H3,(H,16,20)(H,21,22)/t13-/m0/s1. The van der Waals surface area contributed by atoms with Crippen LogP contribution >= 0.6 is 0 Å². The summed E-state index contributed by atoms with van der Waals surface area (Å²) in [7, 11) is 0. The molecule has 0 saturated heterocycles. The minimum Gasteiger partial charge on any atom is -0.480 e. The number of aromatic nitrogens is 2. The summed E-state index contributed by atoms with van der Waals surface area (Å²) >= 11 is 0. The molecule has 1 aromatic carbocycles. The Morgan fingerprint density at radius 3 is 2.54 bits per heavy atom. The van der Waals surface area contributed by atoms with E-state index in [2.05, 4.69) is 10.4 Å². The summed E-state index contributed by atoms with van der Waals surface area (Å²) in [4.78, 5) is 33.8. The van der Waals surface area contributed by atoms with Crippen LogP contribution in [0, 0.1) is 16.0 Å². The first-order valence-electron chi connectivity index (χ1n) is 7.14. The Kier molecular flexibility index (Phi) is 4.93. The lowest BCUT2D eigenvalue weighted by molar-refractivity contribution is -0.384. The van der Waals surface area contributed by atoms with Gasteiger partial charge in [0, 0.05) is 12.3 Å². The van der Waals surface area contributed by atoms with Gasteiger partial charge < -0.3 is 10.4 Å². The van der Waals surface area contributed by atoms with Crippen molar-refractivity contribution in [1.82, 2.24) is 15.1 Å². The number of carbonyl (C=O) groups is 2. The van der Waals surface area contributed by atoms with Gasteiger partial charge in [-0.3, -0.25) is 14.9 Å². The SMILES string of the molecule is CC(C)[C@H](NC(=O)c1ccn(-c2ccccc2[N+](=O)[O-])n1)C(=O)O. The molecule has 0 aliphatic heterocycles. The van der Waals surface area contributed by atoms with E-state index in [9.17, 15) is 19.7 Å². The molecule has 0 unspecified atom stereocenters. The highest BCUT2D eigenvalue weighted by molar-refractivity contribution is 5.95. The van der Waals surface area contributed by atoms with Crippen LogP contribution in [0.2, 0.25) is 0 Å². The average Bonchev–Trinajstić information content (AvgIpc) is 3.01. The highest BCUT2D eigenvalue weighted by Crippen LogP contribution is 2.21. The number of carbonyl (C=O) groups excluding carboxylic acids is 1. The summed E-state index contributed by atoms with van der Waals surface area (Å²) < 4.78 is 1.21. The normalized spacial score (nSPS) is 12.0. The number of nitrogens with one attached hydrogen (secondary N) is 1. The predicted molar refractivity (Wildman–Crippen MR) is 83.9 cm³/mol. The second-order valence-corrected chi connectivity index (χ2v) is 5.42. The molecule has 126 valence electrons. The Hall–Kier alpha value is -3.23. The van der Waals surface area contributed by atoms with E-state index in [1.807, 2.05) is 0 Å². The Morgan fingerprint density at radius 2 is 1.96 bits per heavy atom. The van der Waals surface area contributed by atoms with Crippen LogP contribution in [0.3, 0.4) is 0 Å². The van der Waals surface area contributed by atoms with Gasteiger partial charge in [-0.05, 0) is 18.1 Å². The van der Waals surface area contributed by atoms with Gasteiger partial charge in [0.25, 0.3) is 11.6 Å². The van der Waals surface area contributed by atoms with E-state index in [4.69, 9.17) is 5.11 Å². The van der Waals surface area contributed by atoms with Crippen LogP contribution in [0.15, 0.2) is 36.5 Å². The molecule has 2 N–H and O–H groups in total. The predicted octanol–water partition coefficient (Wildman–Crippen LogP) is 1.62. The van der Waals surface area contributed by atoms with Crippen LogP contribution in [0.1, 0.15) is 24.3 Å². The van der Waals surface area contributed by atoms with Crippen molar-refractivity contribution in [2.45, 2.75) is 19.9 Å². The van der Waals surface area contributed by atoms with Crippen LogP contribution < -0.4 is 5.32 Å². The average molecular weight is 332 g/mol. The molecule has 9 heteroatoms. The molecule has 2 aromatic rings. The molecule has 0 aliphatic carbocycles. The van der Waals surface area contributed by atoms with Gasteiger partial charge in [-0.15, -0.1) is 0 Å². The fourth-order valence-electron chi connectivity index (χ4n) is 2.12. The van der Waals surface area contributed by atoms with Gasteiger partial charge in [-0.2, -0.15) is 5.10 Å². The first kappa shape index (κ1) is 17.1. The molecular formula is C15H16N4O5. The van der Waals surface area contributed by atoms with Gasteiger partial charge in [-0.1, -0.05) is 26.0 Å². The van der Waals surface area contributed by atoms with Crippen molar-refractivity contribution in [1.29, 1.82) is 0 Å². The largest absolute Gasteiger partial charge is 0.480 e. The Balaban J connectivity index is 2.27. The Bertz CT molecular complexity index is 784. The smallest absolute Gasteiger partial charge is 0.326 e. The van der Waals surface area contributed by atoms with Crippen molar-refractivity contribution in [3.63, 3.8) is 0 Å². The second kappa shape index (κ2) is 6.90. The van der Waals surface area contributed by atoms with Crippen LogP contribution in [0.4, 0.5) is 5.69 Å². The number of nitro benzene ring substituents is 1. The Morgan fingerprint density at radius 1 is 1.29 bits per heavy atom. The molecule has 24 heavy (non-hydrogen) atoms. The third-order valence-electron chi connectivity index (χ3n) is 3.37. The highest BCUT2D eigenvalue weighted by atomic mass is 16.6. The van der Waals surface area contributed by atoms with Gasteiger partial charge in [0.2, 0.25) is 0 Å². The fraction of sp³-hybridized carbons (Fsp3) is 0.267. The first-order chi connectivity index (χ1) is 11.3. The molecule has 0 bridgehead atoms. The molecule has 0 spiro atoms. The molecule has 1 amide bonds. The number of hydrogen-bond donors (Lipinski definition) is 2. The van der Waals surface area contributed by atoms with Crippen molar-refractivity contribution >= 4 is 17.6 Å². The molecule has 0 radical (unpaired) electrons. The molecule has 2 rings (SSSR count). The van der Waals surface area contributed by atoms with Crippen molar-refractivity contribution in [2.24, 2.45) is 5.92 Å². The Labute approximate surface area is 137 Å². The van der Waals surface area contributed by atoms with E-state index in [1.165, 1.54) is 35.1 Å². The minimum atomic E-state index is -1.14. The number of para-hydroxylation sites is 2. The third kappa shape index (κ3) is 3.57. The summed E-state index contributed by atoms with van der Waals surface area (Å²) in [5.74, 6) is -2.10. The topological polar surface area (TPSA) is 127 Å². The number of carboxylic acids is 1. The molecular weight excluding hydrogens is 316 g/mol. The molecule has 0 fully saturated rings. The quantitative estimate of drug-likeness (QED) is 0.611. The molecule has 1 heterocycles. The van der Waals surface area contributed by atoms with Crippen molar-refractivity contribution in [3.8, 4) is 5.69 Å². The van der Waals surface area contributed by atoms with E-state index in [-0.39, 0.29) is 23.0 Å². The number of hydrogen-bond acceptors (Lipinski definition) is 5. The summed E-state index contributed by atoms with van der Waals surface area (Å²) in [6.45, 7) is 3.34. The van der Waals surface area contributed by atoms with E-state index in [0.29, 0.717) is 0 Å².